The number of nitrogens with one attached hydrogen (secondary N) is 1. The van der Waals surface area contributed by atoms with Crippen molar-refractivity contribution in [1.82, 2.24) is 9.38 Å². The molecule has 0 saturated carbocycles. The third-order valence-electron chi connectivity index (χ3n) is 3.25. The van der Waals surface area contributed by atoms with Crippen LogP contribution in [0.1, 0.15) is 20.8 Å². The minimum absolute atomic E-state index is 0.513. The summed E-state index contributed by atoms with van der Waals surface area (Å²) in [5, 5.41) is 2.83. The molecule has 0 aliphatic heterocycles. The number of hydrogen-bond acceptors (Lipinski definition) is 3. The van der Waals surface area contributed by atoms with Gasteiger partial charge in [0, 0.05) is 16.2 Å². The molecular formula is C18H18BrN3O2. The van der Waals surface area contributed by atoms with Crippen LogP contribution in [0.4, 0.5) is 10.6 Å². The first kappa shape index (κ1) is 16.5. The van der Waals surface area contributed by atoms with Gasteiger partial charge in [0.25, 0.3) is 0 Å². The van der Waals surface area contributed by atoms with Crippen LogP contribution in [0.3, 0.4) is 0 Å². The standard InChI is InChI=1S/C18H18BrN3O2/c1-18(2,3)24-17(23)21-16-15(12-7-5-4-6-8-12)20-14-10-9-13(19)11-22(14)16/h4-11H,1-3H3,(H,21,23). The normalized spacial score (nSPS) is 11.5. The van der Waals surface area contributed by atoms with E-state index in [1.54, 1.807) is 0 Å². The molecule has 5 nitrogen and oxygen atoms in total. The van der Waals surface area contributed by atoms with E-state index in [9.17, 15) is 4.79 Å². The minimum Gasteiger partial charge on any atom is -0.444 e. The van der Waals surface area contributed by atoms with Crippen LogP contribution in [0.15, 0.2) is 53.1 Å². The smallest absolute Gasteiger partial charge is 0.413 e. The van der Waals surface area contributed by atoms with E-state index in [0.29, 0.717) is 11.5 Å². The van der Waals surface area contributed by atoms with E-state index in [1.165, 1.54) is 0 Å². The molecular weight excluding hydrogens is 370 g/mol. The van der Waals surface area contributed by atoms with Gasteiger partial charge in [0.15, 0.2) is 0 Å². The zero-order chi connectivity index (χ0) is 17.3. The lowest BCUT2D eigenvalue weighted by Crippen LogP contribution is -2.27. The van der Waals surface area contributed by atoms with Gasteiger partial charge < -0.3 is 4.74 Å². The van der Waals surface area contributed by atoms with Crippen LogP contribution < -0.4 is 5.32 Å². The molecule has 0 spiro atoms. The van der Waals surface area contributed by atoms with E-state index in [1.807, 2.05) is 73.8 Å². The van der Waals surface area contributed by atoms with Gasteiger partial charge in [-0.05, 0) is 48.8 Å². The Bertz CT molecular complexity index is 882. The van der Waals surface area contributed by atoms with E-state index in [4.69, 9.17) is 4.74 Å². The van der Waals surface area contributed by atoms with Gasteiger partial charge in [-0.25, -0.2) is 9.78 Å². The van der Waals surface area contributed by atoms with Crippen molar-refractivity contribution in [2.75, 3.05) is 5.32 Å². The lowest BCUT2D eigenvalue weighted by molar-refractivity contribution is 0.0635. The fourth-order valence-corrected chi connectivity index (χ4v) is 2.67. The van der Waals surface area contributed by atoms with Gasteiger partial charge in [-0.1, -0.05) is 30.3 Å². The predicted molar refractivity (Wildman–Crippen MR) is 98.2 cm³/mol. The van der Waals surface area contributed by atoms with Gasteiger partial charge in [0.1, 0.15) is 22.8 Å². The lowest BCUT2D eigenvalue weighted by Gasteiger charge is -2.19. The van der Waals surface area contributed by atoms with Crippen LogP contribution in [0, 0.1) is 0 Å². The van der Waals surface area contributed by atoms with Crippen molar-refractivity contribution in [1.29, 1.82) is 0 Å². The van der Waals surface area contributed by atoms with Gasteiger partial charge in [0.05, 0.1) is 0 Å². The van der Waals surface area contributed by atoms with Crippen molar-refractivity contribution in [3.8, 4) is 11.3 Å². The Labute approximate surface area is 148 Å². The molecule has 0 radical (unpaired) electrons. The Kier molecular flexibility index (Phi) is 4.32. The van der Waals surface area contributed by atoms with Crippen LogP contribution in [-0.2, 0) is 4.74 Å². The number of hydrogen-bond donors (Lipinski definition) is 1. The fraction of sp³-hybridized carbons (Fsp3) is 0.222. The highest BCUT2D eigenvalue weighted by atomic mass is 79.9. The highest BCUT2D eigenvalue weighted by Gasteiger charge is 2.21. The summed E-state index contributed by atoms with van der Waals surface area (Å²) in [6.45, 7) is 5.49. The SMILES string of the molecule is CC(C)(C)OC(=O)Nc1c(-c2ccccc2)nc2ccc(Br)cn12. The Morgan fingerprint density at radius 2 is 1.88 bits per heavy atom. The lowest BCUT2D eigenvalue weighted by atomic mass is 10.1. The number of anilines is 1. The Hall–Kier alpha value is -2.34. The number of halogens is 1. The molecule has 124 valence electrons. The summed E-state index contributed by atoms with van der Waals surface area (Å²) in [7, 11) is 0. The predicted octanol–water partition coefficient (Wildman–Crippen LogP) is 5.11. The van der Waals surface area contributed by atoms with Crippen molar-refractivity contribution in [3.05, 3.63) is 53.1 Å². The van der Waals surface area contributed by atoms with Crippen molar-refractivity contribution in [2.45, 2.75) is 26.4 Å². The number of fused-ring (bicyclic) bond motifs is 1. The average molecular weight is 388 g/mol. The molecule has 0 saturated heterocycles. The zero-order valence-corrected chi connectivity index (χ0v) is 15.3. The summed E-state index contributed by atoms with van der Waals surface area (Å²) in [5.41, 5.74) is 1.78. The van der Waals surface area contributed by atoms with Crippen molar-refractivity contribution in [2.24, 2.45) is 0 Å². The summed E-state index contributed by atoms with van der Waals surface area (Å²) >= 11 is 3.45. The minimum atomic E-state index is -0.571. The summed E-state index contributed by atoms with van der Waals surface area (Å²) in [4.78, 5) is 16.9. The number of carbonyl (C=O) groups is 1. The molecule has 6 heteroatoms. The summed E-state index contributed by atoms with van der Waals surface area (Å²) in [6.07, 6.45) is 1.35. The molecule has 0 unspecified atom stereocenters. The molecule has 2 heterocycles. The number of amides is 1. The molecule has 3 aromatic rings. The van der Waals surface area contributed by atoms with Crippen LogP contribution >= 0.6 is 15.9 Å². The Morgan fingerprint density at radius 3 is 2.54 bits per heavy atom. The van der Waals surface area contributed by atoms with Crippen LogP contribution in [0.5, 0.6) is 0 Å². The van der Waals surface area contributed by atoms with E-state index < -0.39 is 11.7 Å². The quantitative estimate of drug-likeness (QED) is 0.664. The van der Waals surface area contributed by atoms with Crippen LogP contribution in [-0.4, -0.2) is 21.1 Å². The molecule has 0 fully saturated rings. The zero-order valence-electron chi connectivity index (χ0n) is 13.7. The molecule has 2 aromatic heterocycles. The number of nitrogens with zero attached hydrogens (tertiary/aromatic N) is 2. The highest BCUT2D eigenvalue weighted by molar-refractivity contribution is 9.10. The number of imidazole rings is 1. The van der Waals surface area contributed by atoms with Crippen LogP contribution in [0.25, 0.3) is 16.9 Å². The second-order valence-electron chi connectivity index (χ2n) is 6.38. The monoisotopic (exact) mass is 387 g/mol. The molecule has 0 aliphatic carbocycles. The number of pyridine rings is 1. The Morgan fingerprint density at radius 1 is 1.17 bits per heavy atom. The molecule has 1 amide bonds. The number of ether oxygens (including phenoxy) is 1. The first-order chi connectivity index (χ1) is 11.3. The third kappa shape index (κ3) is 3.59. The topological polar surface area (TPSA) is 55.6 Å². The van der Waals surface area contributed by atoms with Crippen molar-refractivity contribution in [3.63, 3.8) is 0 Å². The van der Waals surface area contributed by atoms with Crippen LogP contribution in [0.2, 0.25) is 0 Å². The van der Waals surface area contributed by atoms with Gasteiger partial charge in [-0.2, -0.15) is 0 Å². The number of aromatic nitrogens is 2. The first-order valence-corrected chi connectivity index (χ1v) is 8.36. The third-order valence-corrected chi connectivity index (χ3v) is 3.72. The molecule has 0 aliphatic rings. The molecule has 1 N–H and O–H groups in total. The van der Waals surface area contributed by atoms with Crippen molar-refractivity contribution >= 4 is 33.5 Å². The van der Waals surface area contributed by atoms with Gasteiger partial charge in [-0.3, -0.25) is 9.72 Å². The van der Waals surface area contributed by atoms with E-state index in [0.717, 1.165) is 15.7 Å². The maximum Gasteiger partial charge on any atom is 0.413 e. The highest BCUT2D eigenvalue weighted by Crippen LogP contribution is 2.30. The van der Waals surface area contributed by atoms with E-state index >= 15 is 0 Å². The largest absolute Gasteiger partial charge is 0.444 e. The molecule has 3 rings (SSSR count). The van der Waals surface area contributed by atoms with Gasteiger partial charge >= 0.3 is 6.09 Å². The van der Waals surface area contributed by atoms with E-state index in [-0.39, 0.29) is 0 Å². The second-order valence-corrected chi connectivity index (χ2v) is 7.29. The van der Waals surface area contributed by atoms with Gasteiger partial charge in [-0.15, -0.1) is 0 Å². The second kappa shape index (κ2) is 6.28. The fourth-order valence-electron chi connectivity index (χ4n) is 2.34. The number of carbonyl (C=O) groups excluding carboxylic acids is 1. The van der Waals surface area contributed by atoms with Gasteiger partial charge in [0.2, 0.25) is 0 Å². The summed E-state index contributed by atoms with van der Waals surface area (Å²) in [5.74, 6) is 0.576. The maximum absolute atomic E-state index is 12.3. The van der Waals surface area contributed by atoms with E-state index in [2.05, 4.69) is 26.2 Å². The average Bonchev–Trinajstić information content (AvgIpc) is 2.84. The number of rotatable bonds is 2. The summed E-state index contributed by atoms with van der Waals surface area (Å²) in [6, 6.07) is 13.5. The molecule has 1 aromatic carbocycles. The maximum atomic E-state index is 12.3. The molecule has 24 heavy (non-hydrogen) atoms. The van der Waals surface area contributed by atoms with Crippen molar-refractivity contribution < 1.29 is 9.53 Å². The number of benzene rings is 1. The first-order valence-electron chi connectivity index (χ1n) is 7.56. The molecule has 0 atom stereocenters. The molecule has 0 bridgehead atoms. The summed E-state index contributed by atoms with van der Waals surface area (Å²) < 4.78 is 8.10. The Balaban J connectivity index is 2.09.